The second-order valence-electron chi connectivity index (χ2n) is 4.68. The number of nitrogens with zero attached hydrogens (tertiary/aromatic N) is 2. The van der Waals surface area contributed by atoms with Crippen LogP contribution in [0.2, 0.25) is 0 Å². The third-order valence-electron chi connectivity index (χ3n) is 3.28. The van der Waals surface area contributed by atoms with Crippen molar-refractivity contribution in [3.8, 4) is 0 Å². The first-order valence-corrected chi connectivity index (χ1v) is 6.36. The highest BCUT2D eigenvalue weighted by Crippen LogP contribution is 2.10. The van der Waals surface area contributed by atoms with Crippen LogP contribution in [0.25, 0.3) is 0 Å². The van der Waals surface area contributed by atoms with E-state index < -0.39 is 0 Å². The maximum absolute atomic E-state index is 13.1. The minimum absolute atomic E-state index is 0.122. The Balaban J connectivity index is 1.92. The molecule has 2 aromatic rings. The van der Waals surface area contributed by atoms with Crippen LogP contribution in [-0.4, -0.2) is 15.8 Å². The summed E-state index contributed by atoms with van der Waals surface area (Å²) in [4.78, 5) is 0. The molecule has 0 radical (unpaired) electrons. The lowest BCUT2D eigenvalue weighted by atomic mass is 10.0. The van der Waals surface area contributed by atoms with E-state index in [2.05, 4.69) is 10.5 Å². The first-order chi connectivity index (χ1) is 9.19. The number of halogens is 1. The van der Waals surface area contributed by atoms with Gasteiger partial charge in [-0.05, 0) is 43.0 Å². The Morgan fingerprint density at radius 3 is 2.89 bits per heavy atom. The van der Waals surface area contributed by atoms with Gasteiger partial charge in [-0.2, -0.15) is 5.10 Å². The molecule has 1 unspecified atom stereocenters. The van der Waals surface area contributed by atoms with Crippen molar-refractivity contribution in [2.45, 2.75) is 25.3 Å². The summed E-state index contributed by atoms with van der Waals surface area (Å²) in [5, 5.41) is 4.13. The van der Waals surface area contributed by atoms with Gasteiger partial charge < -0.3 is 0 Å². The third kappa shape index (κ3) is 3.87. The van der Waals surface area contributed by atoms with E-state index in [4.69, 9.17) is 5.84 Å². The predicted octanol–water partition coefficient (Wildman–Crippen LogP) is 1.57. The smallest absolute Gasteiger partial charge is 0.123 e. The zero-order valence-corrected chi connectivity index (χ0v) is 11.0. The summed E-state index contributed by atoms with van der Waals surface area (Å²) in [5.74, 6) is 5.36. The van der Waals surface area contributed by atoms with Crippen LogP contribution in [0.3, 0.4) is 0 Å². The molecule has 0 bridgehead atoms. The molecule has 1 atom stereocenters. The fraction of sp³-hybridized carbons (Fsp3) is 0.357. The molecular formula is C14H19FN4. The van der Waals surface area contributed by atoms with Gasteiger partial charge in [0, 0.05) is 25.0 Å². The van der Waals surface area contributed by atoms with Crippen molar-refractivity contribution in [1.82, 2.24) is 15.2 Å². The maximum Gasteiger partial charge on any atom is 0.123 e. The van der Waals surface area contributed by atoms with Crippen molar-refractivity contribution < 1.29 is 4.39 Å². The number of hydrazine groups is 1. The average Bonchev–Trinajstić information content (AvgIpc) is 2.80. The largest absolute Gasteiger partial charge is 0.273 e. The number of nitrogens with two attached hydrogens (primary N) is 1. The Morgan fingerprint density at radius 2 is 2.26 bits per heavy atom. The van der Waals surface area contributed by atoms with E-state index in [-0.39, 0.29) is 11.9 Å². The van der Waals surface area contributed by atoms with Crippen LogP contribution < -0.4 is 11.3 Å². The summed E-state index contributed by atoms with van der Waals surface area (Å²) in [5.41, 5.74) is 4.92. The molecule has 3 N–H and O–H groups in total. The minimum Gasteiger partial charge on any atom is -0.273 e. The Hall–Kier alpha value is -1.72. The van der Waals surface area contributed by atoms with Crippen LogP contribution in [-0.2, 0) is 19.9 Å². The van der Waals surface area contributed by atoms with Crippen molar-refractivity contribution in [3.05, 3.63) is 53.6 Å². The fourth-order valence-electron chi connectivity index (χ4n) is 2.16. The molecule has 0 spiro atoms. The molecule has 0 aliphatic heterocycles. The Kier molecular flexibility index (Phi) is 4.65. The number of hydrogen-bond acceptors (Lipinski definition) is 3. The number of nitrogens with one attached hydrogen (secondary N) is 1. The van der Waals surface area contributed by atoms with E-state index >= 15 is 0 Å². The lowest BCUT2D eigenvalue weighted by Gasteiger charge is -2.16. The van der Waals surface area contributed by atoms with Crippen molar-refractivity contribution in [3.63, 3.8) is 0 Å². The molecule has 1 aromatic carbocycles. The van der Waals surface area contributed by atoms with Crippen LogP contribution >= 0.6 is 0 Å². The molecule has 19 heavy (non-hydrogen) atoms. The third-order valence-corrected chi connectivity index (χ3v) is 3.28. The second-order valence-corrected chi connectivity index (χ2v) is 4.68. The molecular weight excluding hydrogens is 243 g/mol. The molecule has 0 amide bonds. The number of aromatic nitrogens is 2. The highest BCUT2D eigenvalue weighted by atomic mass is 19.1. The van der Waals surface area contributed by atoms with Crippen molar-refractivity contribution in [1.29, 1.82) is 0 Å². The normalized spacial score (nSPS) is 12.6. The highest BCUT2D eigenvalue weighted by molar-refractivity contribution is 5.17. The average molecular weight is 262 g/mol. The predicted molar refractivity (Wildman–Crippen MR) is 72.7 cm³/mol. The van der Waals surface area contributed by atoms with Gasteiger partial charge in [0.25, 0.3) is 0 Å². The van der Waals surface area contributed by atoms with Gasteiger partial charge in [0.05, 0.1) is 0 Å². The molecule has 102 valence electrons. The number of benzene rings is 1. The van der Waals surface area contributed by atoms with Crippen molar-refractivity contribution in [2.24, 2.45) is 12.9 Å². The zero-order chi connectivity index (χ0) is 13.7. The van der Waals surface area contributed by atoms with Gasteiger partial charge in [0.15, 0.2) is 0 Å². The van der Waals surface area contributed by atoms with Crippen LogP contribution in [0.1, 0.15) is 17.7 Å². The number of hydrogen-bond donors (Lipinski definition) is 2. The fourth-order valence-corrected chi connectivity index (χ4v) is 2.16. The number of rotatable bonds is 6. The standard InChI is InChI=1S/C14H19FN4/c1-19-14(7-8-17-19)6-5-13(18-16)10-11-3-2-4-12(15)9-11/h2-4,7-9,13,18H,5-6,10,16H2,1H3. The number of aryl methyl sites for hydroxylation is 2. The summed E-state index contributed by atoms with van der Waals surface area (Å²) in [6, 6.07) is 8.75. The van der Waals surface area contributed by atoms with Crippen LogP contribution in [0.15, 0.2) is 36.5 Å². The minimum atomic E-state index is -0.208. The molecule has 4 nitrogen and oxygen atoms in total. The molecule has 2 rings (SSSR count). The Bertz CT molecular complexity index is 524. The monoisotopic (exact) mass is 262 g/mol. The van der Waals surface area contributed by atoms with Gasteiger partial charge in [0.1, 0.15) is 5.82 Å². The van der Waals surface area contributed by atoms with E-state index in [1.54, 1.807) is 18.3 Å². The summed E-state index contributed by atoms with van der Waals surface area (Å²) in [6.07, 6.45) is 4.27. The SMILES string of the molecule is Cn1nccc1CCC(Cc1cccc(F)c1)NN. The van der Waals surface area contributed by atoms with Crippen LogP contribution in [0, 0.1) is 5.82 Å². The van der Waals surface area contributed by atoms with Gasteiger partial charge in [-0.1, -0.05) is 12.1 Å². The van der Waals surface area contributed by atoms with E-state index in [0.29, 0.717) is 6.42 Å². The van der Waals surface area contributed by atoms with E-state index in [1.165, 1.54) is 11.8 Å². The summed E-state index contributed by atoms with van der Waals surface area (Å²) in [6.45, 7) is 0. The first kappa shape index (κ1) is 13.7. The lowest BCUT2D eigenvalue weighted by molar-refractivity contribution is 0.483. The van der Waals surface area contributed by atoms with Gasteiger partial charge in [-0.25, -0.2) is 4.39 Å². The van der Waals surface area contributed by atoms with Crippen LogP contribution in [0.5, 0.6) is 0 Å². The second kappa shape index (κ2) is 6.45. The van der Waals surface area contributed by atoms with Crippen molar-refractivity contribution >= 4 is 0 Å². The molecule has 0 saturated heterocycles. The summed E-state index contributed by atoms with van der Waals surface area (Å²) in [7, 11) is 1.92. The zero-order valence-electron chi connectivity index (χ0n) is 11.0. The van der Waals surface area contributed by atoms with Gasteiger partial charge in [-0.15, -0.1) is 0 Å². The Morgan fingerprint density at radius 1 is 1.42 bits per heavy atom. The van der Waals surface area contributed by atoms with Crippen molar-refractivity contribution in [2.75, 3.05) is 0 Å². The Labute approximate surface area is 112 Å². The highest BCUT2D eigenvalue weighted by Gasteiger charge is 2.10. The van der Waals surface area contributed by atoms with Gasteiger partial charge >= 0.3 is 0 Å². The van der Waals surface area contributed by atoms with Gasteiger partial charge in [-0.3, -0.25) is 16.0 Å². The van der Waals surface area contributed by atoms with Crippen LogP contribution in [0.4, 0.5) is 4.39 Å². The van der Waals surface area contributed by atoms with Gasteiger partial charge in [0.2, 0.25) is 0 Å². The molecule has 1 aromatic heterocycles. The molecule has 0 fully saturated rings. The lowest BCUT2D eigenvalue weighted by Crippen LogP contribution is -2.37. The maximum atomic E-state index is 13.1. The molecule has 0 saturated carbocycles. The van der Waals surface area contributed by atoms with E-state index in [0.717, 1.165) is 18.4 Å². The summed E-state index contributed by atoms with van der Waals surface area (Å²) < 4.78 is 15.0. The molecule has 0 aliphatic carbocycles. The quantitative estimate of drug-likeness (QED) is 0.613. The molecule has 0 aliphatic rings. The molecule has 5 heteroatoms. The van der Waals surface area contributed by atoms with E-state index in [9.17, 15) is 4.39 Å². The summed E-state index contributed by atoms with van der Waals surface area (Å²) >= 11 is 0. The topological polar surface area (TPSA) is 55.9 Å². The first-order valence-electron chi connectivity index (χ1n) is 6.36. The van der Waals surface area contributed by atoms with E-state index in [1.807, 2.05) is 23.9 Å². The molecule has 1 heterocycles.